The highest BCUT2D eigenvalue weighted by atomic mass is 32.2. The van der Waals surface area contributed by atoms with Gasteiger partial charge in [-0.25, -0.2) is 9.97 Å². The minimum atomic E-state index is -0.422. The summed E-state index contributed by atoms with van der Waals surface area (Å²) in [5.74, 6) is 0.554. The van der Waals surface area contributed by atoms with Gasteiger partial charge in [0.1, 0.15) is 6.67 Å². The van der Waals surface area contributed by atoms with Crippen molar-refractivity contribution >= 4 is 34.2 Å². The third kappa shape index (κ3) is 4.31. The molecule has 38 heavy (non-hydrogen) atoms. The van der Waals surface area contributed by atoms with Crippen LogP contribution < -0.4 is 10.5 Å². The van der Waals surface area contributed by atoms with Gasteiger partial charge in [-0.05, 0) is 37.6 Å². The Morgan fingerprint density at radius 3 is 2.13 bits per heavy atom. The van der Waals surface area contributed by atoms with E-state index in [1.165, 1.54) is 23.9 Å². The lowest BCUT2D eigenvalue weighted by Gasteiger charge is -2.30. The Kier molecular flexibility index (Phi) is 5.92. The molecule has 0 fully saturated rings. The zero-order chi connectivity index (χ0) is 26.4. The lowest BCUT2D eigenvalue weighted by Crippen LogP contribution is -2.37. The number of benzene rings is 3. The monoisotopic (exact) mass is 521 g/mol. The number of thioether (sulfide) groups is 1. The number of aryl methyl sites for hydroxylation is 2. The van der Waals surface area contributed by atoms with Crippen molar-refractivity contribution in [3.8, 4) is 22.4 Å². The maximum absolute atomic E-state index is 14.0. The first-order valence-electron chi connectivity index (χ1n) is 12.1. The molecule has 9 heteroatoms. The zero-order valence-electron chi connectivity index (χ0n) is 20.8. The molecule has 0 atom stereocenters. The molecule has 0 radical (unpaired) electrons. The Balaban J connectivity index is 1.50. The van der Waals surface area contributed by atoms with E-state index in [0.717, 1.165) is 39.2 Å². The molecule has 6 rings (SSSR count). The number of hydrogen-bond acceptors (Lipinski definition) is 7. The van der Waals surface area contributed by atoms with Crippen LogP contribution in [0.1, 0.15) is 11.1 Å². The van der Waals surface area contributed by atoms with E-state index in [1.54, 1.807) is 16.7 Å². The molecule has 5 aromatic rings. The van der Waals surface area contributed by atoms with Crippen molar-refractivity contribution in [2.75, 3.05) is 10.8 Å². The molecular formula is C29H23N5O3S. The van der Waals surface area contributed by atoms with Gasteiger partial charge in [0.05, 0.1) is 21.9 Å². The fraction of sp³-hybridized carbons (Fsp3) is 0.138. The number of nitrogens with zero attached hydrogens (tertiary/aromatic N) is 5. The molecule has 0 unspecified atom stereocenters. The van der Waals surface area contributed by atoms with Gasteiger partial charge in [-0.3, -0.25) is 19.5 Å². The molecule has 0 saturated heterocycles. The summed E-state index contributed by atoms with van der Waals surface area (Å²) in [5, 5.41) is 12.1. The second kappa shape index (κ2) is 9.42. The number of hydrogen-bond donors (Lipinski definition) is 0. The van der Waals surface area contributed by atoms with E-state index in [1.807, 2.05) is 73.3 Å². The largest absolute Gasteiger partial charge is 0.343 e. The first-order chi connectivity index (χ1) is 18.4. The molecule has 2 aromatic heterocycles. The normalized spacial score (nSPS) is 12.9. The predicted octanol–water partition coefficient (Wildman–Crippen LogP) is 6.18. The van der Waals surface area contributed by atoms with Crippen LogP contribution in [0, 0.1) is 24.0 Å². The first kappa shape index (κ1) is 23.9. The molecule has 1 aliphatic heterocycles. The first-order valence-corrected chi connectivity index (χ1v) is 13.1. The van der Waals surface area contributed by atoms with Crippen molar-refractivity contribution in [1.82, 2.24) is 14.5 Å². The summed E-state index contributed by atoms with van der Waals surface area (Å²) in [4.78, 5) is 36.3. The molecule has 0 aliphatic carbocycles. The van der Waals surface area contributed by atoms with Crippen LogP contribution in [0.15, 0.2) is 88.8 Å². The third-order valence-electron chi connectivity index (χ3n) is 6.69. The van der Waals surface area contributed by atoms with Crippen molar-refractivity contribution in [2.24, 2.45) is 0 Å². The second-order valence-corrected chi connectivity index (χ2v) is 10.3. The van der Waals surface area contributed by atoms with Gasteiger partial charge in [0.15, 0.2) is 10.8 Å². The van der Waals surface area contributed by atoms with Gasteiger partial charge in [-0.15, -0.1) is 0 Å². The SMILES string of the molecule is Cc1ccc(-c2cc(-c3ccc(C)cc3)c3c(=O)n4c(nc3n2)SCN(c2ccc([N+](=O)[O-])cc2)C4)cc1. The highest BCUT2D eigenvalue weighted by Gasteiger charge is 2.24. The van der Waals surface area contributed by atoms with E-state index >= 15 is 0 Å². The highest BCUT2D eigenvalue weighted by molar-refractivity contribution is 7.99. The van der Waals surface area contributed by atoms with Crippen LogP contribution in [0.3, 0.4) is 0 Å². The zero-order valence-corrected chi connectivity index (χ0v) is 21.6. The van der Waals surface area contributed by atoms with Crippen molar-refractivity contribution in [2.45, 2.75) is 25.7 Å². The van der Waals surface area contributed by atoms with Crippen LogP contribution in [-0.2, 0) is 6.67 Å². The van der Waals surface area contributed by atoms with Crippen LogP contribution in [0.25, 0.3) is 33.4 Å². The lowest BCUT2D eigenvalue weighted by molar-refractivity contribution is -0.384. The molecule has 0 bridgehead atoms. The quantitative estimate of drug-likeness (QED) is 0.158. The molecular weight excluding hydrogens is 498 g/mol. The Bertz CT molecular complexity index is 1750. The third-order valence-corrected chi connectivity index (χ3v) is 7.70. The van der Waals surface area contributed by atoms with Crippen molar-refractivity contribution < 1.29 is 4.92 Å². The molecule has 188 valence electrons. The number of non-ortho nitro benzene ring substituents is 1. The van der Waals surface area contributed by atoms with E-state index < -0.39 is 4.92 Å². The van der Waals surface area contributed by atoms with E-state index in [9.17, 15) is 14.9 Å². The Hall–Kier alpha value is -4.50. The fourth-order valence-corrected chi connectivity index (χ4v) is 5.50. The highest BCUT2D eigenvalue weighted by Crippen LogP contribution is 2.33. The van der Waals surface area contributed by atoms with Gasteiger partial charge in [-0.2, -0.15) is 0 Å². The molecule has 0 spiro atoms. The number of fused-ring (bicyclic) bond motifs is 2. The maximum Gasteiger partial charge on any atom is 0.269 e. The molecule has 3 heterocycles. The Labute approximate surface area is 222 Å². The van der Waals surface area contributed by atoms with Crippen molar-refractivity contribution in [3.63, 3.8) is 0 Å². The Morgan fingerprint density at radius 2 is 1.50 bits per heavy atom. The van der Waals surface area contributed by atoms with E-state index in [4.69, 9.17) is 9.97 Å². The average molecular weight is 522 g/mol. The standard InChI is InChI=1S/C29H23N5O3S/c1-18-3-7-20(8-4-18)24-15-25(21-9-5-19(2)6-10-21)30-27-26(24)28(35)33-16-32(17-38-29(33)31-27)22-11-13-23(14-12-22)34(36)37/h3-15H,16-17H2,1-2H3. The van der Waals surface area contributed by atoms with Crippen LogP contribution >= 0.6 is 11.8 Å². The Morgan fingerprint density at radius 1 is 0.868 bits per heavy atom. The van der Waals surface area contributed by atoms with Gasteiger partial charge >= 0.3 is 0 Å². The number of rotatable bonds is 4. The van der Waals surface area contributed by atoms with Crippen molar-refractivity contribution in [3.05, 3.63) is 110 Å². The fourth-order valence-electron chi connectivity index (χ4n) is 4.55. The van der Waals surface area contributed by atoms with Crippen LogP contribution in [-0.4, -0.2) is 25.3 Å². The van der Waals surface area contributed by atoms with E-state index in [2.05, 4.69) is 0 Å². The van der Waals surface area contributed by atoms with Crippen LogP contribution in [0.4, 0.5) is 11.4 Å². The molecule has 0 amide bonds. The van der Waals surface area contributed by atoms with E-state index in [0.29, 0.717) is 22.1 Å². The van der Waals surface area contributed by atoms with Gasteiger partial charge in [-0.1, -0.05) is 71.4 Å². The van der Waals surface area contributed by atoms with Crippen LogP contribution in [0.2, 0.25) is 0 Å². The molecule has 8 nitrogen and oxygen atoms in total. The van der Waals surface area contributed by atoms with Gasteiger partial charge in [0.25, 0.3) is 11.2 Å². The number of anilines is 1. The van der Waals surface area contributed by atoms with Crippen LogP contribution in [0.5, 0.6) is 0 Å². The lowest BCUT2D eigenvalue weighted by atomic mass is 9.99. The molecule has 0 N–H and O–H groups in total. The smallest absolute Gasteiger partial charge is 0.269 e. The number of nitro benzene ring substituents is 1. The number of pyridine rings is 1. The molecule has 3 aromatic carbocycles. The summed E-state index contributed by atoms with van der Waals surface area (Å²) < 4.78 is 1.66. The minimum Gasteiger partial charge on any atom is -0.343 e. The summed E-state index contributed by atoms with van der Waals surface area (Å²) in [6.45, 7) is 4.36. The molecule has 0 saturated carbocycles. The van der Waals surface area contributed by atoms with Gasteiger partial charge < -0.3 is 4.90 Å². The summed E-state index contributed by atoms with van der Waals surface area (Å²) in [6.07, 6.45) is 0. The molecule has 1 aliphatic rings. The number of nitro groups is 1. The predicted molar refractivity (Wildman–Crippen MR) is 150 cm³/mol. The summed E-state index contributed by atoms with van der Waals surface area (Å²) in [5.41, 5.74) is 6.81. The second-order valence-electron chi connectivity index (χ2n) is 9.34. The van der Waals surface area contributed by atoms with Gasteiger partial charge in [0.2, 0.25) is 0 Å². The number of aromatic nitrogens is 3. The topological polar surface area (TPSA) is 94.2 Å². The summed E-state index contributed by atoms with van der Waals surface area (Å²) in [7, 11) is 0. The summed E-state index contributed by atoms with van der Waals surface area (Å²) in [6, 6.07) is 24.6. The minimum absolute atomic E-state index is 0.0295. The summed E-state index contributed by atoms with van der Waals surface area (Å²) >= 11 is 1.44. The van der Waals surface area contributed by atoms with Crippen molar-refractivity contribution in [1.29, 1.82) is 0 Å². The van der Waals surface area contributed by atoms with Gasteiger partial charge in [0, 0.05) is 28.9 Å². The van der Waals surface area contributed by atoms with E-state index in [-0.39, 0.29) is 17.9 Å². The average Bonchev–Trinajstić information content (AvgIpc) is 2.93. The maximum atomic E-state index is 14.0.